The molecule has 1 aliphatic heterocycles. The Labute approximate surface area is 200 Å². The van der Waals surface area contributed by atoms with Gasteiger partial charge in [-0.3, -0.25) is 9.79 Å². The molecule has 3 rings (SSSR count). The molecule has 1 amide bonds. The van der Waals surface area contributed by atoms with Crippen LogP contribution in [0.5, 0.6) is 0 Å². The normalized spacial score (nSPS) is 17.7. The van der Waals surface area contributed by atoms with Crippen LogP contribution in [0, 0.1) is 5.92 Å². The molecule has 32 heavy (non-hydrogen) atoms. The monoisotopic (exact) mass is 443 g/mol. The molecular weight excluding hydrogens is 394 g/mol. The van der Waals surface area contributed by atoms with Gasteiger partial charge in [0.1, 0.15) is 0 Å². The minimum atomic E-state index is -0.0319. The molecule has 182 valence electrons. The summed E-state index contributed by atoms with van der Waals surface area (Å²) >= 11 is 0. The van der Waals surface area contributed by atoms with Crippen LogP contribution in [0.15, 0.2) is 52.7 Å². The van der Waals surface area contributed by atoms with E-state index in [2.05, 4.69) is 42.8 Å². The average molecular weight is 444 g/mol. The van der Waals surface area contributed by atoms with Gasteiger partial charge in [0.05, 0.1) is 0 Å². The quantitative estimate of drug-likeness (QED) is 0.435. The van der Waals surface area contributed by atoms with E-state index in [1.807, 2.05) is 32.2 Å². The SMILES string of the molecule is CC.CNC(CCc1cccc(NC(C)=O)c1)C1=C(C)CC=CN=C1CC1CCCCC1.[HH].[HH].[HH]. The van der Waals surface area contributed by atoms with Gasteiger partial charge in [0.15, 0.2) is 0 Å². The summed E-state index contributed by atoms with van der Waals surface area (Å²) in [6.45, 7) is 7.81. The topological polar surface area (TPSA) is 53.5 Å². The highest BCUT2D eigenvalue weighted by Gasteiger charge is 2.24. The van der Waals surface area contributed by atoms with Crippen molar-refractivity contribution in [2.45, 2.75) is 91.5 Å². The zero-order valence-electron chi connectivity index (χ0n) is 20.8. The number of nitrogens with zero attached hydrogens (tertiary/aromatic N) is 1. The molecule has 1 heterocycles. The summed E-state index contributed by atoms with van der Waals surface area (Å²) in [6.07, 6.45) is 15.1. The summed E-state index contributed by atoms with van der Waals surface area (Å²) in [5.41, 5.74) is 6.27. The van der Waals surface area contributed by atoms with Gasteiger partial charge in [-0.05, 0) is 68.8 Å². The van der Waals surface area contributed by atoms with Crippen LogP contribution in [0.25, 0.3) is 0 Å². The second kappa shape index (κ2) is 14.1. The fourth-order valence-electron chi connectivity index (χ4n) is 4.88. The van der Waals surface area contributed by atoms with Crippen molar-refractivity contribution >= 4 is 17.3 Å². The summed E-state index contributed by atoms with van der Waals surface area (Å²) in [5.74, 6) is 0.745. The number of nitrogens with one attached hydrogen (secondary N) is 2. The van der Waals surface area contributed by atoms with Crippen LogP contribution in [0.1, 0.15) is 88.9 Å². The number of anilines is 1. The predicted molar refractivity (Wildman–Crippen MR) is 145 cm³/mol. The Hall–Kier alpha value is -2.20. The van der Waals surface area contributed by atoms with E-state index in [1.54, 1.807) is 6.92 Å². The zero-order valence-corrected chi connectivity index (χ0v) is 20.8. The summed E-state index contributed by atoms with van der Waals surface area (Å²) < 4.78 is 0. The van der Waals surface area contributed by atoms with Crippen LogP contribution in [0.2, 0.25) is 0 Å². The summed E-state index contributed by atoms with van der Waals surface area (Å²) in [5, 5.41) is 6.46. The molecule has 1 unspecified atom stereocenters. The lowest BCUT2D eigenvalue weighted by atomic mass is 9.81. The molecule has 2 aliphatic rings. The molecule has 1 atom stereocenters. The van der Waals surface area contributed by atoms with E-state index in [9.17, 15) is 4.79 Å². The highest BCUT2D eigenvalue weighted by Crippen LogP contribution is 2.31. The lowest BCUT2D eigenvalue weighted by Crippen LogP contribution is -2.33. The number of hydrogen-bond donors (Lipinski definition) is 2. The Morgan fingerprint density at radius 2 is 1.97 bits per heavy atom. The Kier molecular flexibility index (Phi) is 11.4. The highest BCUT2D eigenvalue weighted by molar-refractivity contribution is 6.02. The van der Waals surface area contributed by atoms with Crippen LogP contribution in [-0.4, -0.2) is 24.7 Å². The number of carbonyl (C=O) groups is 1. The third kappa shape index (κ3) is 8.05. The molecule has 2 N–H and O–H groups in total. The second-order valence-electron chi connectivity index (χ2n) is 8.83. The van der Waals surface area contributed by atoms with Crippen molar-refractivity contribution in [2.24, 2.45) is 10.9 Å². The smallest absolute Gasteiger partial charge is 0.221 e. The number of aryl methyl sites for hydroxylation is 1. The van der Waals surface area contributed by atoms with E-state index < -0.39 is 0 Å². The fraction of sp³-hybridized carbons (Fsp3) is 0.571. The molecule has 4 heteroatoms. The van der Waals surface area contributed by atoms with E-state index in [4.69, 9.17) is 4.99 Å². The summed E-state index contributed by atoms with van der Waals surface area (Å²) in [6, 6.07) is 8.48. The number of rotatable bonds is 8. The van der Waals surface area contributed by atoms with Gasteiger partial charge in [0.2, 0.25) is 5.91 Å². The van der Waals surface area contributed by atoms with E-state index in [0.29, 0.717) is 0 Å². The van der Waals surface area contributed by atoms with E-state index >= 15 is 0 Å². The van der Waals surface area contributed by atoms with Crippen molar-refractivity contribution < 1.29 is 9.07 Å². The summed E-state index contributed by atoms with van der Waals surface area (Å²) in [7, 11) is 2.06. The van der Waals surface area contributed by atoms with Crippen molar-refractivity contribution in [3.05, 3.63) is 53.3 Å². The molecule has 0 bridgehead atoms. The lowest BCUT2D eigenvalue weighted by molar-refractivity contribution is -0.114. The van der Waals surface area contributed by atoms with Crippen LogP contribution in [0.3, 0.4) is 0 Å². The third-order valence-electron chi connectivity index (χ3n) is 6.40. The molecule has 0 radical (unpaired) electrons. The van der Waals surface area contributed by atoms with Crippen molar-refractivity contribution in [2.75, 3.05) is 12.4 Å². The largest absolute Gasteiger partial charge is 0.326 e. The molecule has 1 saturated carbocycles. The minimum Gasteiger partial charge on any atom is -0.326 e. The molecule has 1 aromatic rings. The van der Waals surface area contributed by atoms with Crippen LogP contribution in [-0.2, 0) is 11.2 Å². The second-order valence-corrected chi connectivity index (χ2v) is 8.83. The summed E-state index contributed by atoms with van der Waals surface area (Å²) in [4.78, 5) is 16.3. The number of allylic oxidation sites excluding steroid dienone is 2. The maximum Gasteiger partial charge on any atom is 0.221 e. The van der Waals surface area contributed by atoms with Crippen molar-refractivity contribution in [1.82, 2.24) is 5.32 Å². The molecule has 1 fully saturated rings. The van der Waals surface area contributed by atoms with Crippen molar-refractivity contribution in [3.63, 3.8) is 0 Å². The fourth-order valence-corrected chi connectivity index (χ4v) is 4.88. The van der Waals surface area contributed by atoms with Crippen LogP contribution in [0.4, 0.5) is 5.69 Å². The first-order valence-electron chi connectivity index (χ1n) is 12.5. The van der Waals surface area contributed by atoms with Gasteiger partial charge in [-0.1, -0.05) is 69.7 Å². The molecule has 0 aromatic heterocycles. The number of carbonyl (C=O) groups excluding carboxylic acids is 1. The Morgan fingerprint density at radius 3 is 2.66 bits per heavy atom. The Bertz CT molecular complexity index is 830. The van der Waals surface area contributed by atoms with Gasteiger partial charge in [0, 0.05) is 34.8 Å². The molecule has 0 saturated heterocycles. The van der Waals surface area contributed by atoms with Gasteiger partial charge in [-0.2, -0.15) is 0 Å². The first-order chi connectivity index (χ1) is 15.6. The van der Waals surface area contributed by atoms with Crippen molar-refractivity contribution in [3.8, 4) is 0 Å². The molecule has 0 spiro atoms. The molecule has 1 aromatic carbocycles. The number of likely N-dealkylation sites (N-methyl/N-ethyl adjacent to an activating group) is 1. The zero-order chi connectivity index (χ0) is 23.3. The van der Waals surface area contributed by atoms with Gasteiger partial charge in [0.25, 0.3) is 0 Å². The maximum absolute atomic E-state index is 11.4. The predicted octanol–water partition coefficient (Wildman–Crippen LogP) is 7.58. The van der Waals surface area contributed by atoms with E-state index in [-0.39, 0.29) is 16.2 Å². The first kappa shape index (κ1) is 26.1. The number of hydrogen-bond acceptors (Lipinski definition) is 3. The molecular formula is C28H49N3O. The van der Waals surface area contributed by atoms with Gasteiger partial charge >= 0.3 is 0 Å². The highest BCUT2D eigenvalue weighted by atomic mass is 16.1. The van der Waals surface area contributed by atoms with Crippen LogP contribution < -0.4 is 10.6 Å². The molecule has 4 nitrogen and oxygen atoms in total. The van der Waals surface area contributed by atoms with Crippen LogP contribution >= 0.6 is 0 Å². The average Bonchev–Trinajstić information content (AvgIpc) is 2.98. The van der Waals surface area contributed by atoms with Gasteiger partial charge < -0.3 is 10.6 Å². The molecule has 1 aliphatic carbocycles. The van der Waals surface area contributed by atoms with E-state index in [1.165, 1.54) is 54.5 Å². The maximum atomic E-state index is 11.4. The Balaban J connectivity index is 0. The number of amides is 1. The van der Waals surface area contributed by atoms with Gasteiger partial charge in [-0.25, -0.2) is 0 Å². The lowest BCUT2D eigenvalue weighted by Gasteiger charge is -2.27. The number of benzene rings is 1. The Morgan fingerprint density at radius 1 is 1.22 bits per heavy atom. The minimum absolute atomic E-state index is 0. The van der Waals surface area contributed by atoms with Crippen molar-refractivity contribution in [1.29, 1.82) is 0 Å². The first-order valence-corrected chi connectivity index (χ1v) is 12.5. The number of aliphatic imine (C=N–C) groups is 1. The standard InChI is InChI=1S/C26H37N3O.C2H6.3H2/c1-19-9-8-16-28-25(18-21-10-5-4-6-11-21)26(19)24(27-3)15-14-22-12-7-13-23(17-22)29-20(2)30;1-2;;;/h7-8,12-13,16-17,21,24,27H,4-6,9-11,14-15,18H2,1-3H3,(H,29,30);1-2H3;3*1H. The third-order valence-corrected chi connectivity index (χ3v) is 6.40. The van der Waals surface area contributed by atoms with E-state index in [0.717, 1.165) is 37.3 Å². The van der Waals surface area contributed by atoms with Gasteiger partial charge in [-0.15, -0.1) is 0 Å².